The molecule has 0 aromatic carbocycles. The lowest BCUT2D eigenvalue weighted by Crippen LogP contribution is -2.37. The van der Waals surface area contributed by atoms with Gasteiger partial charge in [-0.1, -0.05) is 38.5 Å². The van der Waals surface area contributed by atoms with Crippen LogP contribution in [0.1, 0.15) is 54.4 Å². The van der Waals surface area contributed by atoms with Gasteiger partial charge in [-0.3, -0.25) is 9.59 Å². The maximum absolute atomic E-state index is 12.3. The van der Waals surface area contributed by atoms with Gasteiger partial charge in [0, 0.05) is 18.3 Å². The van der Waals surface area contributed by atoms with Crippen molar-refractivity contribution in [1.82, 2.24) is 0 Å². The van der Waals surface area contributed by atoms with Crippen LogP contribution in [0.5, 0.6) is 0 Å². The number of hydrogen-bond donors (Lipinski definition) is 2. The minimum absolute atomic E-state index is 0.0478. The molecule has 0 saturated heterocycles. The van der Waals surface area contributed by atoms with Gasteiger partial charge in [0.2, 0.25) is 0 Å². The summed E-state index contributed by atoms with van der Waals surface area (Å²) in [5, 5.41) is 20.7. The first-order valence-corrected chi connectivity index (χ1v) is 9.03. The third-order valence-electron chi connectivity index (χ3n) is 4.92. The first-order chi connectivity index (χ1) is 11.6. The Morgan fingerprint density at radius 3 is 2.20 bits per heavy atom. The topological polar surface area (TPSA) is 83.8 Å². The van der Waals surface area contributed by atoms with Crippen molar-refractivity contribution in [2.24, 2.45) is 17.8 Å². The molecule has 25 heavy (non-hydrogen) atoms. The highest BCUT2D eigenvalue weighted by Gasteiger charge is 2.32. The zero-order valence-electron chi connectivity index (χ0n) is 16.2. The van der Waals surface area contributed by atoms with Gasteiger partial charge in [-0.15, -0.1) is 0 Å². The molecule has 142 valence electrons. The van der Waals surface area contributed by atoms with E-state index >= 15 is 0 Å². The number of carbonyl (C=O) groups excluding carboxylic acids is 2. The number of hydrogen-bond acceptors (Lipinski definition) is 5. The normalized spacial score (nSPS) is 40.3. The fraction of sp³-hybridized carbons (Fsp3) is 0.700. The van der Waals surface area contributed by atoms with Crippen LogP contribution < -0.4 is 0 Å². The summed E-state index contributed by atoms with van der Waals surface area (Å²) in [4.78, 5) is 24.6. The Morgan fingerprint density at radius 2 is 1.64 bits per heavy atom. The highest BCUT2D eigenvalue weighted by molar-refractivity contribution is 5.89. The third kappa shape index (κ3) is 5.79. The van der Waals surface area contributed by atoms with E-state index < -0.39 is 29.9 Å². The molecule has 0 aromatic rings. The van der Waals surface area contributed by atoms with Gasteiger partial charge in [-0.25, -0.2) is 0 Å². The molecule has 5 heteroatoms. The Bertz CT molecular complexity index is 548. The number of allylic oxidation sites excluding steroid dienone is 1. The minimum atomic E-state index is -1.39. The summed E-state index contributed by atoms with van der Waals surface area (Å²) in [6, 6.07) is 0. The molecule has 1 aliphatic rings. The van der Waals surface area contributed by atoms with Crippen LogP contribution in [0.4, 0.5) is 0 Å². The van der Waals surface area contributed by atoms with Crippen molar-refractivity contribution in [2.45, 2.75) is 72.7 Å². The Labute approximate surface area is 150 Å². The van der Waals surface area contributed by atoms with E-state index in [0.717, 1.165) is 11.1 Å². The van der Waals surface area contributed by atoms with Gasteiger partial charge in [0.15, 0.2) is 5.78 Å². The third-order valence-corrected chi connectivity index (χ3v) is 4.92. The van der Waals surface area contributed by atoms with Crippen molar-refractivity contribution in [3.05, 3.63) is 23.3 Å². The van der Waals surface area contributed by atoms with Gasteiger partial charge in [0.25, 0.3) is 0 Å². The number of ether oxygens (including phenoxy) is 1. The van der Waals surface area contributed by atoms with Crippen LogP contribution in [0.3, 0.4) is 0 Å². The van der Waals surface area contributed by atoms with Crippen LogP contribution in [0.15, 0.2) is 23.3 Å². The Balaban J connectivity index is 3.24. The fourth-order valence-corrected chi connectivity index (χ4v) is 3.24. The Kier molecular flexibility index (Phi) is 8.03. The van der Waals surface area contributed by atoms with E-state index in [1.54, 1.807) is 6.92 Å². The van der Waals surface area contributed by atoms with E-state index in [9.17, 15) is 19.8 Å². The molecular weight excluding hydrogens is 320 g/mol. The second-order valence-electron chi connectivity index (χ2n) is 7.35. The zero-order valence-corrected chi connectivity index (χ0v) is 16.2. The molecule has 1 rings (SSSR count). The molecule has 1 heterocycles. The quantitative estimate of drug-likeness (QED) is 0.560. The lowest BCUT2D eigenvalue weighted by atomic mass is 9.90. The van der Waals surface area contributed by atoms with E-state index in [4.69, 9.17) is 4.74 Å². The molecule has 6 atom stereocenters. The maximum atomic E-state index is 12.3. The lowest BCUT2D eigenvalue weighted by Gasteiger charge is -2.26. The Morgan fingerprint density at radius 1 is 1.04 bits per heavy atom. The molecule has 0 aromatic heterocycles. The summed E-state index contributed by atoms with van der Waals surface area (Å²) >= 11 is 0. The van der Waals surface area contributed by atoms with Gasteiger partial charge >= 0.3 is 5.97 Å². The minimum Gasteiger partial charge on any atom is -0.461 e. The molecule has 5 nitrogen and oxygen atoms in total. The molecule has 0 amide bonds. The molecule has 0 unspecified atom stereocenters. The van der Waals surface area contributed by atoms with Crippen molar-refractivity contribution < 1.29 is 24.5 Å². The number of rotatable bonds is 1. The number of aliphatic hydroxyl groups is 2. The molecule has 0 radical (unpaired) electrons. The monoisotopic (exact) mass is 352 g/mol. The number of ketones is 1. The summed E-state index contributed by atoms with van der Waals surface area (Å²) < 4.78 is 5.53. The van der Waals surface area contributed by atoms with Gasteiger partial charge < -0.3 is 14.9 Å². The maximum Gasteiger partial charge on any atom is 0.312 e. The number of aliphatic hydroxyl groups excluding tert-OH is 2. The summed E-state index contributed by atoms with van der Waals surface area (Å²) in [5.41, 5.74) is 1.58. The largest absolute Gasteiger partial charge is 0.461 e. The molecule has 0 fully saturated rings. The first-order valence-electron chi connectivity index (χ1n) is 9.03. The second kappa shape index (κ2) is 9.30. The molecular formula is C20H32O5. The van der Waals surface area contributed by atoms with Gasteiger partial charge in [-0.05, 0) is 32.8 Å². The van der Waals surface area contributed by atoms with Crippen LogP contribution in [0, 0.1) is 17.8 Å². The first kappa shape index (κ1) is 21.6. The predicted molar refractivity (Wildman–Crippen MR) is 96.8 cm³/mol. The van der Waals surface area contributed by atoms with E-state index in [1.165, 1.54) is 6.92 Å². The SMILES string of the molecule is CC[C@@H]1OC(=O)[C@H](C)[C@H](O)C(=O)C/C(C)=C/[C@H](C)[C@@H](O)/C(C)=C/[C@H]1C. The summed E-state index contributed by atoms with van der Waals surface area (Å²) in [6.07, 6.45) is 2.02. The van der Waals surface area contributed by atoms with Gasteiger partial charge in [0.1, 0.15) is 12.2 Å². The summed E-state index contributed by atoms with van der Waals surface area (Å²) in [5.74, 6) is -2.12. The zero-order chi connectivity index (χ0) is 19.3. The lowest BCUT2D eigenvalue weighted by molar-refractivity contribution is -0.161. The van der Waals surface area contributed by atoms with E-state index in [1.807, 2.05) is 39.8 Å². The highest BCUT2D eigenvalue weighted by Crippen LogP contribution is 2.23. The van der Waals surface area contributed by atoms with E-state index in [-0.39, 0.29) is 24.4 Å². The Hall–Kier alpha value is -1.46. The number of Topliss-reactive ketones (excluding diaryl/α,β-unsaturated/α-hetero) is 1. The van der Waals surface area contributed by atoms with Crippen LogP contribution >= 0.6 is 0 Å². The van der Waals surface area contributed by atoms with Crippen LogP contribution in [-0.2, 0) is 14.3 Å². The fourth-order valence-electron chi connectivity index (χ4n) is 3.24. The summed E-state index contributed by atoms with van der Waals surface area (Å²) in [6.45, 7) is 10.9. The summed E-state index contributed by atoms with van der Waals surface area (Å²) in [7, 11) is 0. The van der Waals surface area contributed by atoms with Crippen molar-refractivity contribution >= 4 is 11.8 Å². The molecule has 0 spiro atoms. The van der Waals surface area contributed by atoms with Crippen molar-refractivity contribution in [3.8, 4) is 0 Å². The van der Waals surface area contributed by atoms with Crippen LogP contribution in [0.25, 0.3) is 0 Å². The van der Waals surface area contributed by atoms with E-state index in [2.05, 4.69) is 0 Å². The standard InChI is InChI=1S/C20H32O5/c1-7-17-12(3)10-14(5)18(22)13(4)8-11(2)9-16(21)19(23)15(6)20(24)25-17/h8,10,12-13,15,17-19,22-23H,7,9H2,1-6H3/b11-8+,14-10+/t12-,13+,15-,17+,18-,19+/m1/s1. The number of esters is 1. The average molecular weight is 352 g/mol. The number of carbonyl (C=O) groups is 2. The van der Waals surface area contributed by atoms with Crippen molar-refractivity contribution in [3.63, 3.8) is 0 Å². The highest BCUT2D eigenvalue weighted by atomic mass is 16.5. The predicted octanol–water partition coefficient (Wildman–Crippen LogP) is 2.80. The second-order valence-corrected chi connectivity index (χ2v) is 7.35. The van der Waals surface area contributed by atoms with Crippen LogP contribution in [0.2, 0.25) is 0 Å². The average Bonchev–Trinajstić information content (AvgIpc) is 2.55. The van der Waals surface area contributed by atoms with Gasteiger partial charge in [-0.2, -0.15) is 0 Å². The molecule has 0 bridgehead atoms. The molecule has 1 aliphatic heterocycles. The molecule has 2 N–H and O–H groups in total. The van der Waals surface area contributed by atoms with Gasteiger partial charge in [0.05, 0.1) is 12.0 Å². The number of cyclic esters (lactones) is 1. The van der Waals surface area contributed by atoms with Crippen molar-refractivity contribution in [1.29, 1.82) is 0 Å². The smallest absolute Gasteiger partial charge is 0.312 e. The van der Waals surface area contributed by atoms with Crippen molar-refractivity contribution in [2.75, 3.05) is 0 Å². The molecule has 0 saturated carbocycles. The van der Waals surface area contributed by atoms with Crippen LogP contribution in [-0.4, -0.2) is 40.3 Å². The molecule has 0 aliphatic carbocycles. The van der Waals surface area contributed by atoms with E-state index in [0.29, 0.717) is 6.42 Å².